The van der Waals surface area contributed by atoms with Crippen LogP contribution in [0.25, 0.3) is 0 Å². The Morgan fingerprint density at radius 2 is 1.85 bits per heavy atom. The molecule has 0 saturated carbocycles. The maximum atomic E-state index is 12.5. The summed E-state index contributed by atoms with van der Waals surface area (Å²) in [6.45, 7) is 1.25. The molecule has 0 saturated heterocycles. The van der Waals surface area contributed by atoms with E-state index in [0.717, 1.165) is 6.42 Å². The molecule has 3 nitrogen and oxygen atoms in total. The summed E-state index contributed by atoms with van der Waals surface area (Å²) in [6, 6.07) is 11.3. The number of pyridine rings is 1. The molecule has 0 bridgehead atoms. The fourth-order valence-electron chi connectivity index (χ4n) is 2.39. The third-order valence-electron chi connectivity index (χ3n) is 3.43. The molecule has 1 aliphatic heterocycles. The Morgan fingerprint density at radius 3 is 2.65 bits per heavy atom. The number of rotatable bonds is 1. The molecule has 1 aromatic heterocycles. The van der Waals surface area contributed by atoms with E-state index in [4.69, 9.17) is 23.2 Å². The van der Waals surface area contributed by atoms with Crippen LogP contribution in [0.5, 0.6) is 0 Å². The predicted molar refractivity (Wildman–Crippen MR) is 79.1 cm³/mol. The zero-order chi connectivity index (χ0) is 14.1. The number of amides is 1. The molecule has 0 fully saturated rings. The van der Waals surface area contributed by atoms with E-state index in [1.807, 2.05) is 18.2 Å². The summed E-state index contributed by atoms with van der Waals surface area (Å²) >= 11 is 11.9. The van der Waals surface area contributed by atoms with Crippen LogP contribution in [0, 0.1) is 0 Å². The molecule has 0 atom stereocenters. The zero-order valence-corrected chi connectivity index (χ0v) is 12.2. The van der Waals surface area contributed by atoms with E-state index < -0.39 is 0 Å². The Morgan fingerprint density at radius 1 is 1.10 bits per heavy atom. The molecular formula is C15H12Cl2N2O. The number of halogens is 2. The minimum absolute atomic E-state index is 0.174. The molecule has 102 valence electrons. The van der Waals surface area contributed by atoms with E-state index in [1.54, 1.807) is 17.0 Å². The third kappa shape index (κ3) is 2.51. The quantitative estimate of drug-likeness (QED) is 0.754. The molecule has 0 aliphatic carbocycles. The summed E-state index contributed by atoms with van der Waals surface area (Å²) in [5, 5.41) is 0.605. The van der Waals surface area contributed by atoms with Gasteiger partial charge < -0.3 is 4.90 Å². The number of nitrogens with zero attached hydrogens (tertiary/aromatic N) is 2. The first kappa shape index (κ1) is 13.4. The molecule has 2 heterocycles. The number of benzene rings is 1. The summed E-state index contributed by atoms with van der Waals surface area (Å²) in [7, 11) is 0. The Labute approximate surface area is 127 Å². The number of hydrogen-bond acceptors (Lipinski definition) is 2. The monoisotopic (exact) mass is 306 g/mol. The maximum Gasteiger partial charge on any atom is 0.274 e. The van der Waals surface area contributed by atoms with Gasteiger partial charge in [-0.2, -0.15) is 0 Å². The van der Waals surface area contributed by atoms with Crippen LogP contribution < -0.4 is 0 Å². The van der Waals surface area contributed by atoms with Crippen LogP contribution in [0.15, 0.2) is 36.4 Å². The first-order valence-electron chi connectivity index (χ1n) is 6.33. The summed E-state index contributed by atoms with van der Waals surface area (Å²) in [6.07, 6.45) is 0.847. The van der Waals surface area contributed by atoms with Crippen LogP contribution in [0.3, 0.4) is 0 Å². The van der Waals surface area contributed by atoms with E-state index in [9.17, 15) is 4.79 Å². The van der Waals surface area contributed by atoms with Gasteiger partial charge in [0.2, 0.25) is 0 Å². The van der Waals surface area contributed by atoms with Gasteiger partial charge in [0.05, 0.1) is 5.02 Å². The van der Waals surface area contributed by atoms with Crippen molar-refractivity contribution >= 4 is 29.1 Å². The van der Waals surface area contributed by atoms with Crippen molar-refractivity contribution in [1.29, 1.82) is 0 Å². The van der Waals surface area contributed by atoms with Crippen molar-refractivity contribution in [2.45, 2.75) is 13.0 Å². The Bertz CT molecular complexity index is 673. The second-order valence-corrected chi connectivity index (χ2v) is 5.50. The van der Waals surface area contributed by atoms with Crippen molar-refractivity contribution in [2.24, 2.45) is 0 Å². The second-order valence-electron chi connectivity index (χ2n) is 4.71. The Balaban J connectivity index is 1.88. The van der Waals surface area contributed by atoms with Gasteiger partial charge in [0.1, 0.15) is 10.8 Å². The van der Waals surface area contributed by atoms with Gasteiger partial charge in [-0.3, -0.25) is 4.79 Å². The van der Waals surface area contributed by atoms with Crippen LogP contribution in [0.1, 0.15) is 21.6 Å². The minimum atomic E-state index is -0.174. The highest BCUT2D eigenvalue weighted by Crippen LogP contribution is 2.23. The smallest absolute Gasteiger partial charge is 0.274 e. The SMILES string of the molecule is O=C(c1nc(Cl)ccc1Cl)N1CCc2ccccc2C1. The highest BCUT2D eigenvalue weighted by molar-refractivity contribution is 6.34. The van der Waals surface area contributed by atoms with E-state index >= 15 is 0 Å². The number of hydrogen-bond donors (Lipinski definition) is 0. The molecule has 2 aromatic rings. The van der Waals surface area contributed by atoms with Crippen molar-refractivity contribution in [3.05, 3.63) is 63.4 Å². The topological polar surface area (TPSA) is 33.2 Å². The summed E-state index contributed by atoms with van der Waals surface area (Å²) in [4.78, 5) is 18.3. The minimum Gasteiger partial charge on any atom is -0.333 e. The van der Waals surface area contributed by atoms with Gasteiger partial charge >= 0.3 is 0 Å². The lowest BCUT2D eigenvalue weighted by molar-refractivity contribution is 0.0729. The van der Waals surface area contributed by atoms with Crippen molar-refractivity contribution < 1.29 is 4.79 Å². The number of aromatic nitrogens is 1. The Kier molecular flexibility index (Phi) is 3.64. The number of fused-ring (bicyclic) bond motifs is 1. The maximum absolute atomic E-state index is 12.5. The van der Waals surface area contributed by atoms with E-state index in [2.05, 4.69) is 11.1 Å². The van der Waals surface area contributed by atoms with Gasteiger partial charge in [0, 0.05) is 13.1 Å². The Hall–Kier alpha value is -1.58. The highest BCUT2D eigenvalue weighted by Gasteiger charge is 2.24. The molecule has 0 N–H and O–H groups in total. The van der Waals surface area contributed by atoms with Crippen LogP contribution in [-0.2, 0) is 13.0 Å². The van der Waals surface area contributed by atoms with Gasteiger partial charge in [0.25, 0.3) is 5.91 Å². The highest BCUT2D eigenvalue weighted by atomic mass is 35.5. The molecule has 1 aromatic carbocycles. The summed E-state index contributed by atoms with van der Waals surface area (Å²) in [5.41, 5.74) is 2.69. The first-order valence-corrected chi connectivity index (χ1v) is 7.09. The van der Waals surface area contributed by atoms with E-state index in [1.165, 1.54) is 11.1 Å². The van der Waals surface area contributed by atoms with Crippen molar-refractivity contribution in [3.8, 4) is 0 Å². The van der Waals surface area contributed by atoms with Crippen molar-refractivity contribution in [2.75, 3.05) is 6.54 Å². The average Bonchev–Trinajstić information content (AvgIpc) is 2.48. The van der Waals surface area contributed by atoms with Gasteiger partial charge in [0.15, 0.2) is 0 Å². The molecule has 20 heavy (non-hydrogen) atoms. The predicted octanol–water partition coefficient (Wildman–Crippen LogP) is 3.59. The second kappa shape index (κ2) is 5.43. The molecular weight excluding hydrogens is 295 g/mol. The molecule has 0 radical (unpaired) electrons. The largest absolute Gasteiger partial charge is 0.333 e. The van der Waals surface area contributed by atoms with Crippen LogP contribution >= 0.6 is 23.2 Å². The van der Waals surface area contributed by atoms with Gasteiger partial charge in [-0.25, -0.2) is 4.98 Å². The van der Waals surface area contributed by atoms with Crippen LogP contribution in [0.4, 0.5) is 0 Å². The standard InChI is InChI=1S/C15H12Cl2N2O/c16-12-5-6-13(17)18-14(12)15(20)19-8-7-10-3-1-2-4-11(10)9-19/h1-6H,7-9H2. The number of carbonyl (C=O) groups is 1. The molecule has 1 amide bonds. The van der Waals surface area contributed by atoms with Gasteiger partial charge in [-0.15, -0.1) is 0 Å². The molecule has 5 heteroatoms. The van der Waals surface area contributed by atoms with Gasteiger partial charge in [-0.05, 0) is 29.7 Å². The summed E-state index contributed by atoms with van der Waals surface area (Å²) < 4.78 is 0. The lowest BCUT2D eigenvalue weighted by atomic mass is 10.00. The molecule has 1 aliphatic rings. The van der Waals surface area contributed by atoms with Gasteiger partial charge in [-0.1, -0.05) is 47.5 Å². The molecule has 0 unspecified atom stereocenters. The number of carbonyl (C=O) groups excluding carboxylic acids is 1. The lowest BCUT2D eigenvalue weighted by Crippen LogP contribution is -2.36. The fourth-order valence-corrected chi connectivity index (χ4v) is 2.72. The van der Waals surface area contributed by atoms with E-state index in [0.29, 0.717) is 18.1 Å². The van der Waals surface area contributed by atoms with Crippen molar-refractivity contribution in [1.82, 2.24) is 9.88 Å². The molecule has 0 spiro atoms. The van der Waals surface area contributed by atoms with Crippen LogP contribution in [-0.4, -0.2) is 22.3 Å². The summed E-state index contributed by atoms with van der Waals surface area (Å²) in [5.74, 6) is -0.174. The fraction of sp³-hybridized carbons (Fsp3) is 0.200. The van der Waals surface area contributed by atoms with E-state index in [-0.39, 0.29) is 16.8 Å². The van der Waals surface area contributed by atoms with Crippen molar-refractivity contribution in [3.63, 3.8) is 0 Å². The average molecular weight is 307 g/mol. The lowest BCUT2D eigenvalue weighted by Gasteiger charge is -2.28. The zero-order valence-electron chi connectivity index (χ0n) is 10.6. The normalized spacial score (nSPS) is 14.0. The van der Waals surface area contributed by atoms with Crippen LogP contribution in [0.2, 0.25) is 10.2 Å². The third-order valence-corrected chi connectivity index (χ3v) is 3.95. The molecule has 3 rings (SSSR count). The first-order chi connectivity index (χ1) is 9.65.